The number of carbonyl (C=O) groups excluding carboxylic acids is 1. The van der Waals surface area contributed by atoms with E-state index in [1.165, 1.54) is 41.7 Å². The van der Waals surface area contributed by atoms with E-state index in [-0.39, 0.29) is 27.3 Å². The van der Waals surface area contributed by atoms with Gasteiger partial charge in [-0.1, -0.05) is 23.7 Å². The van der Waals surface area contributed by atoms with Crippen LogP contribution < -0.4 is 10.0 Å². The van der Waals surface area contributed by atoms with Gasteiger partial charge in [-0.2, -0.15) is 0 Å². The Morgan fingerprint density at radius 1 is 1.19 bits per heavy atom. The number of benzene rings is 2. The molecule has 0 atom stereocenters. The summed E-state index contributed by atoms with van der Waals surface area (Å²) >= 11 is 7.44. The van der Waals surface area contributed by atoms with E-state index in [4.69, 9.17) is 11.6 Å². The molecule has 2 aromatic carbocycles. The van der Waals surface area contributed by atoms with Crippen LogP contribution in [0.1, 0.15) is 40.3 Å². The molecular weight excluding hydrogens is 461 g/mol. The van der Waals surface area contributed by atoms with E-state index < -0.39 is 15.9 Å². The average Bonchev–Trinajstić information content (AvgIpc) is 3.01. The van der Waals surface area contributed by atoms with E-state index in [1.54, 1.807) is 26.0 Å². The standard InChI is InChI=1S/C21H21ClFN3O3S2/c1-12(2)26-31(28,29)16-8-9-18(22)17(11-16)20(27)25-21-24-13(3)19(30-21)10-14-4-6-15(23)7-5-14/h4-9,11-12,26H,10H2,1-3H3,(H,24,25,27). The molecule has 0 bridgehead atoms. The van der Waals surface area contributed by atoms with Gasteiger partial charge in [-0.25, -0.2) is 22.5 Å². The Balaban J connectivity index is 1.80. The molecule has 0 fully saturated rings. The van der Waals surface area contributed by atoms with Crippen LogP contribution in [0.4, 0.5) is 9.52 Å². The van der Waals surface area contributed by atoms with Crippen LogP contribution in [0.5, 0.6) is 0 Å². The molecule has 1 heterocycles. The summed E-state index contributed by atoms with van der Waals surface area (Å²) < 4.78 is 40.4. The first-order chi connectivity index (χ1) is 14.5. The molecule has 0 aliphatic rings. The quantitative estimate of drug-likeness (QED) is 0.508. The lowest BCUT2D eigenvalue weighted by atomic mass is 10.1. The zero-order valence-corrected chi connectivity index (χ0v) is 19.5. The van der Waals surface area contributed by atoms with E-state index in [2.05, 4.69) is 15.0 Å². The van der Waals surface area contributed by atoms with Crippen LogP contribution in [0.3, 0.4) is 0 Å². The van der Waals surface area contributed by atoms with Crippen molar-refractivity contribution in [2.75, 3.05) is 5.32 Å². The average molecular weight is 482 g/mol. The Hall–Kier alpha value is -2.33. The molecule has 2 N–H and O–H groups in total. The second-order valence-corrected chi connectivity index (χ2v) is 10.4. The predicted molar refractivity (Wildman–Crippen MR) is 121 cm³/mol. The van der Waals surface area contributed by atoms with Gasteiger partial charge >= 0.3 is 0 Å². The molecule has 0 radical (unpaired) electrons. The van der Waals surface area contributed by atoms with Gasteiger partial charge in [0.2, 0.25) is 10.0 Å². The van der Waals surface area contributed by atoms with Crippen molar-refractivity contribution in [3.05, 3.63) is 75.0 Å². The number of amides is 1. The second kappa shape index (κ2) is 9.44. The maximum absolute atomic E-state index is 13.1. The molecule has 10 heteroatoms. The predicted octanol–water partition coefficient (Wildman–Crippen LogP) is 4.77. The third-order valence-electron chi connectivity index (χ3n) is 4.27. The van der Waals surface area contributed by atoms with Crippen molar-refractivity contribution < 1.29 is 17.6 Å². The molecule has 164 valence electrons. The van der Waals surface area contributed by atoms with E-state index in [0.717, 1.165) is 16.1 Å². The molecule has 0 unspecified atom stereocenters. The van der Waals surface area contributed by atoms with E-state index in [9.17, 15) is 17.6 Å². The topological polar surface area (TPSA) is 88.2 Å². The first-order valence-electron chi connectivity index (χ1n) is 9.39. The van der Waals surface area contributed by atoms with Crippen molar-refractivity contribution >= 4 is 44.0 Å². The summed E-state index contributed by atoms with van der Waals surface area (Å²) in [6.07, 6.45) is 0.551. The molecule has 3 rings (SSSR count). The summed E-state index contributed by atoms with van der Waals surface area (Å²) in [6, 6.07) is 9.85. The minimum absolute atomic E-state index is 0.0289. The van der Waals surface area contributed by atoms with Crippen molar-refractivity contribution in [3.8, 4) is 0 Å². The van der Waals surface area contributed by atoms with Gasteiger partial charge in [-0.15, -0.1) is 11.3 Å². The van der Waals surface area contributed by atoms with Crippen LogP contribution in [0.2, 0.25) is 5.02 Å². The largest absolute Gasteiger partial charge is 0.298 e. The van der Waals surface area contributed by atoms with Crippen LogP contribution >= 0.6 is 22.9 Å². The summed E-state index contributed by atoms with van der Waals surface area (Å²) in [5, 5.41) is 3.17. The van der Waals surface area contributed by atoms with Crippen LogP contribution in [0.25, 0.3) is 0 Å². The van der Waals surface area contributed by atoms with Crippen LogP contribution in [0.15, 0.2) is 47.4 Å². The summed E-state index contributed by atoms with van der Waals surface area (Å²) in [4.78, 5) is 18.0. The normalized spacial score (nSPS) is 11.7. The summed E-state index contributed by atoms with van der Waals surface area (Å²) in [7, 11) is -3.77. The summed E-state index contributed by atoms with van der Waals surface area (Å²) in [5.74, 6) is -0.865. The molecule has 6 nitrogen and oxygen atoms in total. The number of carbonyl (C=O) groups is 1. The molecule has 1 amide bonds. The molecule has 31 heavy (non-hydrogen) atoms. The van der Waals surface area contributed by atoms with Gasteiger partial charge in [0.1, 0.15) is 5.82 Å². The number of halogens is 2. The number of hydrogen-bond acceptors (Lipinski definition) is 5. The Morgan fingerprint density at radius 2 is 1.87 bits per heavy atom. The number of nitrogens with one attached hydrogen (secondary N) is 2. The highest BCUT2D eigenvalue weighted by Crippen LogP contribution is 2.27. The zero-order valence-electron chi connectivity index (χ0n) is 17.1. The first-order valence-corrected chi connectivity index (χ1v) is 12.1. The molecule has 3 aromatic rings. The molecule has 0 aliphatic heterocycles. The highest BCUT2D eigenvalue weighted by atomic mass is 35.5. The summed E-state index contributed by atoms with van der Waals surface area (Å²) in [6.45, 7) is 5.23. The molecule has 0 saturated carbocycles. The molecule has 0 aliphatic carbocycles. The van der Waals surface area contributed by atoms with E-state index in [1.807, 2.05) is 6.92 Å². The smallest absolute Gasteiger partial charge is 0.259 e. The van der Waals surface area contributed by atoms with Crippen LogP contribution in [0, 0.1) is 12.7 Å². The Bertz CT molecular complexity index is 1210. The maximum Gasteiger partial charge on any atom is 0.259 e. The van der Waals surface area contributed by atoms with Crippen molar-refractivity contribution in [1.82, 2.24) is 9.71 Å². The lowest BCUT2D eigenvalue weighted by Gasteiger charge is -2.11. The SMILES string of the molecule is Cc1nc(NC(=O)c2cc(S(=O)(=O)NC(C)C)ccc2Cl)sc1Cc1ccc(F)cc1. The Kier molecular flexibility index (Phi) is 7.10. The number of rotatable bonds is 7. The van der Waals surface area contributed by atoms with Gasteiger partial charge in [0.05, 0.1) is 21.2 Å². The van der Waals surface area contributed by atoms with Gasteiger partial charge < -0.3 is 0 Å². The fourth-order valence-corrected chi connectivity index (χ4v) is 5.29. The monoisotopic (exact) mass is 481 g/mol. The highest BCUT2D eigenvalue weighted by Gasteiger charge is 2.20. The Labute approximate surface area is 189 Å². The third kappa shape index (κ3) is 5.88. The minimum Gasteiger partial charge on any atom is -0.298 e. The number of aromatic nitrogens is 1. The van der Waals surface area contributed by atoms with Gasteiger partial charge in [0, 0.05) is 17.3 Å². The molecule has 0 spiro atoms. The van der Waals surface area contributed by atoms with Crippen molar-refractivity contribution in [2.45, 2.75) is 38.1 Å². The highest BCUT2D eigenvalue weighted by molar-refractivity contribution is 7.89. The van der Waals surface area contributed by atoms with Gasteiger partial charge in [-0.3, -0.25) is 10.1 Å². The van der Waals surface area contributed by atoms with Crippen molar-refractivity contribution in [2.24, 2.45) is 0 Å². The van der Waals surface area contributed by atoms with Gasteiger partial charge in [0.25, 0.3) is 5.91 Å². The van der Waals surface area contributed by atoms with Crippen LogP contribution in [-0.2, 0) is 16.4 Å². The molecular formula is C21H21ClFN3O3S2. The maximum atomic E-state index is 13.1. The van der Waals surface area contributed by atoms with Crippen molar-refractivity contribution in [3.63, 3.8) is 0 Å². The number of aryl methyl sites for hydroxylation is 1. The van der Waals surface area contributed by atoms with Crippen molar-refractivity contribution in [1.29, 1.82) is 0 Å². The Morgan fingerprint density at radius 3 is 2.52 bits per heavy atom. The number of sulfonamides is 1. The number of thiazole rings is 1. The van der Waals surface area contributed by atoms with E-state index >= 15 is 0 Å². The lowest BCUT2D eigenvalue weighted by molar-refractivity contribution is 0.102. The first kappa shape index (κ1) is 23.3. The fourth-order valence-electron chi connectivity index (χ4n) is 2.82. The van der Waals surface area contributed by atoms with E-state index in [0.29, 0.717) is 11.6 Å². The molecule has 1 aromatic heterocycles. The van der Waals surface area contributed by atoms with Crippen LogP contribution in [-0.4, -0.2) is 25.4 Å². The van der Waals surface area contributed by atoms with Gasteiger partial charge in [-0.05, 0) is 56.7 Å². The van der Waals surface area contributed by atoms with Gasteiger partial charge in [0.15, 0.2) is 5.13 Å². The lowest BCUT2D eigenvalue weighted by Crippen LogP contribution is -2.30. The minimum atomic E-state index is -3.77. The summed E-state index contributed by atoms with van der Waals surface area (Å²) in [5.41, 5.74) is 1.69. The zero-order chi connectivity index (χ0) is 22.8. The molecule has 0 saturated heterocycles. The number of nitrogens with zero attached hydrogens (tertiary/aromatic N) is 1. The number of anilines is 1. The third-order valence-corrected chi connectivity index (χ3v) is 7.33. The fraction of sp³-hybridized carbons (Fsp3) is 0.238. The number of hydrogen-bond donors (Lipinski definition) is 2. The second-order valence-electron chi connectivity index (χ2n) is 7.20.